The Labute approximate surface area is 96.6 Å². The van der Waals surface area contributed by atoms with Gasteiger partial charge in [-0.15, -0.1) is 0 Å². The van der Waals surface area contributed by atoms with Crippen LogP contribution in [0.1, 0.15) is 58.2 Å². The van der Waals surface area contributed by atoms with Crippen molar-refractivity contribution < 1.29 is 4.52 Å². The third-order valence-electron chi connectivity index (χ3n) is 3.25. The smallest absolute Gasteiger partial charge is 0.226 e. The molecule has 0 radical (unpaired) electrons. The lowest BCUT2D eigenvalue weighted by molar-refractivity contribution is 0.228. The van der Waals surface area contributed by atoms with E-state index in [1.165, 1.54) is 6.42 Å². The van der Waals surface area contributed by atoms with Crippen molar-refractivity contribution in [3.63, 3.8) is 0 Å². The van der Waals surface area contributed by atoms with Crippen LogP contribution in [0.3, 0.4) is 0 Å². The van der Waals surface area contributed by atoms with Gasteiger partial charge in [-0.05, 0) is 31.1 Å². The molecule has 1 fully saturated rings. The zero-order valence-electron chi connectivity index (χ0n) is 10.4. The van der Waals surface area contributed by atoms with E-state index in [0.29, 0.717) is 11.2 Å². The molecule has 16 heavy (non-hydrogen) atoms. The Morgan fingerprint density at radius 2 is 2.06 bits per heavy atom. The molecule has 0 unspecified atom stereocenters. The van der Waals surface area contributed by atoms with Crippen molar-refractivity contribution in [1.29, 1.82) is 0 Å². The van der Waals surface area contributed by atoms with Gasteiger partial charge in [-0.2, -0.15) is 4.98 Å². The van der Waals surface area contributed by atoms with E-state index in [-0.39, 0.29) is 5.54 Å². The Morgan fingerprint density at radius 1 is 1.38 bits per heavy atom. The van der Waals surface area contributed by atoms with Gasteiger partial charge in [0.15, 0.2) is 5.82 Å². The van der Waals surface area contributed by atoms with E-state index in [4.69, 9.17) is 10.3 Å². The van der Waals surface area contributed by atoms with Crippen LogP contribution in [0, 0.1) is 5.41 Å². The first kappa shape index (κ1) is 11.6. The predicted molar refractivity (Wildman–Crippen MR) is 61.8 cm³/mol. The molecule has 4 nitrogen and oxygen atoms in total. The van der Waals surface area contributed by atoms with Gasteiger partial charge in [-0.3, -0.25) is 0 Å². The molecule has 0 amide bonds. The van der Waals surface area contributed by atoms with Gasteiger partial charge >= 0.3 is 0 Å². The topological polar surface area (TPSA) is 64.9 Å². The number of rotatable bonds is 3. The van der Waals surface area contributed by atoms with E-state index < -0.39 is 0 Å². The molecule has 2 N–H and O–H groups in total. The van der Waals surface area contributed by atoms with Crippen molar-refractivity contribution >= 4 is 0 Å². The summed E-state index contributed by atoms with van der Waals surface area (Å²) < 4.78 is 5.24. The van der Waals surface area contributed by atoms with Crippen molar-refractivity contribution in [2.45, 2.75) is 58.4 Å². The molecule has 0 spiro atoms. The molecule has 1 aliphatic rings. The lowest BCUT2D eigenvalue weighted by Crippen LogP contribution is -2.44. The molecule has 0 saturated heterocycles. The summed E-state index contributed by atoms with van der Waals surface area (Å²) in [5, 5.41) is 4.00. The Morgan fingerprint density at radius 3 is 2.56 bits per heavy atom. The van der Waals surface area contributed by atoms with Gasteiger partial charge < -0.3 is 10.3 Å². The van der Waals surface area contributed by atoms with E-state index in [1.54, 1.807) is 0 Å². The summed E-state index contributed by atoms with van der Waals surface area (Å²) in [5.74, 6) is 1.42. The summed E-state index contributed by atoms with van der Waals surface area (Å²) in [7, 11) is 0. The first-order valence-corrected chi connectivity index (χ1v) is 6.01. The fourth-order valence-electron chi connectivity index (χ4n) is 1.82. The number of aryl methyl sites for hydroxylation is 1. The number of nitrogens with two attached hydrogens (primary N) is 1. The summed E-state index contributed by atoms with van der Waals surface area (Å²) in [6, 6.07) is 0. The Hall–Kier alpha value is -0.900. The summed E-state index contributed by atoms with van der Waals surface area (Å²) in [5.41, 5.74) is 6.13. The number of nitrogens with zero attached hydrogens (tertiary/aromatic N) is 2. The van der Waals surface area contributed by atoms with Crippen LogP contribution in [0.5, 0.6) is 0 Å². The normalized spacial score (nSPS) is 19.5. The SMILES string of the molecule is CC(C)(C)CCc1nc(C2(N)CCC2)no1. The molecule has 0 aliphatic heterocycles. The average molecular weight is 223 g/mol. The van der Waals surface area contributed by atoms with Crippen molar-refractivity contribution in [3.8, 4) is 0 Å². The van der Waals surface area contributed by atoms with Crippen LogP contribution in [0.2, 0.25) is 0 Å². The van der Waals surface area contributed by atoms with Crippen molar-refractivity contribution in [3.05, 3.63) is 11.7 Å². The first-order valence-electron chi connectivity index (χ1n) is 6.01. The molecule has 1 aliphatic carbocycles. The van der Waals surface area contributed by atoms with E-state index >= 15 is 0 Å². The molecule has 0 aromatic carbocycles. The first-order chi connectivity index (χ1) is 7.39. The molecule has 1 aromatic rings. The third kappa shape index (κ3) is 2.43. The van der Waals surface area contributed by atoms with Crippen LogP contribution in [0.4, 0.5) is 0 Å². The molecule has 2 rings (SSSR count). The third-order valence-corrected chi connectivity index (χ3v) is 3.25. The predicted octanol–water partition coefficient (Wildman–Crippen LogP) is 2.39. The van der Waals surface area contributed by atoms with Crippen LogP contribution in [0.25, 0.3) is 0 Å². The monoisotopic (exact) mass is 223 g/mol. The maximum Gasteiger partial charge on any atom is 0.226 e. The molecule has 0 atom stereocenters. The highest BCUT2D eigenvalue weighted by molar-refractivity contribution is 5.08. The van der Waals surface area contributed by atoms with Crippen LogP contribution in [-0.4, -0.2) is 10.1 Å². The van der Waals surface area contributed by atoms with Gasteiger partial charge in [0.2, 0.25) is 5.89 Å². The Bertz CT molecular complexity index is 361. The second-order valence-corrected chi connectivity index (χ2v) is 6.08. The standard InChI is InChI=1S/C12H21N3O/c1-11(2,3)8-5-9-14-10(15-16-9)12(13)6-4-7-12/h4-8,13H2,1-3H3. The van der Waals surface area contributed by atoms with Gasteiger partial charge in [-0.1, -0.05) is 25.9 Å². The molecule has 1 saturated carbocycles. The van der Waals surface area contributed by atoms with Crippen LogP contribution >= 0.6 is 0 Å². The van der Waals surface area contributed by atoms with E-state index in [2.05, 4.69) is 30.9 Å². The van der Waals surface area contributed by atoms with Gasteiger partial charge in [-0.25, -0.2) is 0 Å². The van der Waals surface area contributed by atoms with E-state index in [0.717, 1.165) is 31.6 Å². The van der Waals surface area contributed by atoms with Gasteiger partial charge in [0, 0.05) is 6.42 Å². The van der Waals surface area contributed by atoms with Gasteiger partial charge in [0.05, 0.1) is 5.54 Å². The van der Waals surface area contributed by atoms with Crippen LogP contribution in [0.15, 0.2) is 4.52 Å². The average Bonchev–Trinajstić information content (AvgIpc) is 2.58. The lowest BCUT2D eigenvalue weighted by atomic mass is 9.77. The quantitative estimate of drug-likeness (QED) is 0.854. The molecule has 4 heteroatoms. The maximum absolute atomic E-state index is 6.13. The van der Waals surface area contributed by atoms with Gasteiger partial charge in [0.25, 0.3) is 0 Å². The summed E-state index contributed by atoms with van der Waals surface area (Å²) in [6.45, 7) is 6.63. The second-order valence-electron chi connectivity index (χ2n) is 6.08. The van der Waals surface area contributed by atoms with Crippen molar-refractivity contribution in [2.75, 3.05) is 0 Å². The maximum atomic E-state index is 6.13. The highest BCUT2D eigenvalue weighted by atomic mass is 16.5. The fraction of sp³-hybridized carbons (Fsp3) is 0.833. The van der Waals surface area contributed by atoms with Crippen molar-refractivity contribution in [1.82, 2.24) is 10.1 Å². The molecular formula is C12H21N3O. The van der Waals surface area contributed by atoms with Gasteiger partial charge in [0.1, 0.15) is 0 Å². The second kappa shape index (κ2) is 3.84. The van der Waals surface area contributed by atoms with E-state index in [1.807, 2.05) is 0 Å². The molecular weight excluding hydrogens is 202 g/mol. The minimum Gasteiger partial charge on any atom is -0.339 e. The van der Waals surface area contributed by atoms with Crippen molar-refractivity contribution in [2.24, 2.45) is 11.1 Å². The summed E-state index contributed by atoms with van der Waals surface area (Å²) >= 11 is 0. The molecule has 1 aromatic heterocycles. The fourth-order valence-corrected chi connectivity index (χ4v) is 1.82. The zero-order chi connectivity index (χ0) is 11.8. The Balaban J connectivity index is 1.97. The Kier molecular flexibility index (Phi) is 2.78. The zero-order valence-corrected chi connectivity index (χ0v) is 10.4. The molecule has 1 heterocycles. The number of hydrogen-bond acceptors (Lipinski definition) is 4. The lowest BCUT2D eigenvalue weighted by Gasteiger charge is -2.34. The highest BCUT2D eigenvalue weighted by Crippen LogP contribution is 2.37. The van der Waals surface area contributed by atoms with Crippen LogP contribution < -0.4 is 5.73 Å². The minimum absolute atomic E-state index is 0.297. The molecule has 90 valence electrons. The minimum atomic E-state index is -0.302. The van der Waals surface area contributed by atoms with E-state index in [9.17, 15) is 0 Å². The number of hydrogen-bond donors (Lipinski definition) is 1. The molecule has 0 bridgehead atoms. The summed E-state index contributed by atoms with van der Waals surface area (Å²) in [6.07, 6.45) is 5.01. The highest BCUT2D eigenvalue weighted by Gasteiger charge is 2.38. The summed E-state index contributed by atoms with van der Waals surface area (Å²) in [4.78, 5) is 4.40. The largest absolute Gasteiger partial charge is 0.339 e. The van der Waals surface area contributed by atoms with Crippen LogP contribution in [-0.2, 0) is 12.0 Å². The number of aromatic nitrogens is 2.